The molecule has 25 heavy (non-hydrogen) atoms. The minimum absolute atomic E-state index is 0.0254. The number of nitrogens with one attached hydrogen (secondary N) is 1. The van der Waals surface area contributed by atoms with E-state index in [1.54, 1.807) is 13.8 Å². The number of carbonyl (C=O) groups is 2. The summed E-state index contributed by atoms with van der Waals surface area (Å²) >= 11 is 0. The lowest BCUT2D eigenvalue weighted by atomic mass is 9.98. The summed E-state index contributed by atoms with van der Waals surface area (Å²) in [6.45, 7) is 5.55. The molecule has 0 bridgehead atoms. The lowest BCUT2D eigenvalue weighted by Gasteiger charge is -2.29. The van der Waals surface area contributed by atoms with Gasteiger partial charge in [-0.05, 0) is 38.8 Å². The van der Waals surface area contributed by atoms with E-state index in [1.165, 1.54) is 4.90 Å². The highest BCUT2D eigenvalue weighted by atomic mass is 16.2. The molecule has 6 heteroatoms. The summed E-state index contributed by atoms with van der Waals surface area (Å²) in [4.78, 5) is 45.2. The van der Waals surface area contributed by atoms with Gasteiger partial charge in [-0.25, -0.2) is 4.98 Å². The highest BCUT2D eigenvalue weighted by Crippen LogP contribution is 2.27. The van der Waals surface area contributed by atoms with E-state index in [-0.39, 0.29) is 30.2 Å². The Labute approximate surface area is 145 Å². The van der Waals surface area contributed by atoms with Crippen LogP contribution in [0, 0.1) is 20.8 Å². The van der Waals surface area contributed by atoms with Gasteiger partial charge in [-0.3, -0.25) is 14.4 Å². The van der Waals surface area contributed by atoms with Crippen LogP contribution in [0.4, 0.5) is 5.69 Å². The molecule has 0 unspecified atom stereocenters. The van der Waals surface area contributed by atoms with E-state index >= 15 is 0 Å². The molecule has 0 spiro atoms. The number of benzene rings is 1. The molecule has 0 atom stereocenters. The first-order valence-corrected chi connectivity index (χ1v) is 8.33. The number of anilines is 1. The number of rotatable bonds is 3. The van der Waals surface area contributed by atoms with E-state index in [1.807, 2.05) is 25.1 Å². The molecular weight excluding hydrogens is 318 g/mol. The van der Waals surface area contributed by atoms with Gasteiger partial charge in [0.1, 0.15) is 5.82 Å². The zero-order chi connectivity index (χ0) is 18.1. The van der Waals surface area contributed by atoms with Crippen LogP contribution in [0.2, 0.25) is 0 Å². The average Bonchev–Trinajstić information content (AvgIpc) is 2.52. The Morgan fingerprint density at radius 3 is 2.72 bits per heavy atom. The third-order valence-electron chi connectivity index (χ3n) is 4.48. The second-order valence-electron chi connectivity index (χ2n) is 6.54. The summed E-state index contributed by atoms with van der Waals surface area (Å²) in [5, 5.41) is 0. The Balaban J connectivity index is 1.81. The van der Waals surface area contributed by atoms with Crippen molar-refractivity contribution >= 4 is 17.4 Å². The van der Waals surface area contributed by atoms with Gasteiger partial charge in [0.2, 0.25) is 5.91 Å². The van der Waals surface area contributed by atoms with Gasteiger partial charge in [0.05, 0.1) is 6.54 Å². The van der Waals surface area contributed by atoms with Gasteiger partial charge < -0.3 is 9.88 Å². The van der Waals surface area contributed by atoms with Crippen LogP contribution in [0.5, 0.6) is 0 Å². The van der Waals surface area contributed by atoms with Crippen molar-refractivity contribution in [2.45, 2.75) is 40.0 Å². The lowest BCUT2D eigenvalue weighted by Crippen LogP contribution is -2.40. The Morgan fingerprint density at radius 1 is 1.24 bits per heavy atom. The summed E-state index contributed by atoms with van der Waals surface area (Å²) in [7, 11) is 0. The van der Waals surface area contributed by atoms with Crippen LogP contribution in [0.25, 0.3) is 0 Å². The number of ketones is 1. The van der Waals surface area contributed by atoms with Gasteiger partial charge in [0, 0.05) is 29.8 Å². The van der Waals surface area contributed by atoms with Crippen LogP contribution in [-0.4, -0.2) is 28.2 Å². The van der Waals surface area contributed by atoms with E-state index in [0.29, 0.717) is 29.9 Å². The molecular formula is C19H21N3O3. The van der Waals surface area contributed by atoms with Crippen molar-refractivity contribution in [2.75, 3.05) is 11.4 Å². The van der Waals surface area contributed by atoms with Gasteiger partial charge in [-0.1, -0.05) is 17.7 Å². The first-order valence-electron chi connectivity index (χ1n) is 8.33. The molecule has 6 nitrogen and oxygen atoms in total. The quantitative estimate of drug-likeness (QED) is 0.924. The maximum Gasteiger partial charge on any atom is 0.254 e. The fourth-order valence-electron chi connectivity index (χ4n) is 3.28. The van der Waals surface area contributed by atoms with Crippen molar-refractivity contribution < 1.29 is 9.59 Å². The molecule has 0 aliphatic carbocycles. The summed E-state index contributed by atoms with van der Waals surface area (Å²) in [5.41, 5.74) is 3.70. The number of carbonyl (C=O) groups excluding carboxylic acids is 2. The van der Waals surface area contributed by atoms with Gasteiger partial charge in [-0.2, -0.15) is 0 Å². The van der Waals surface area contributed by atoms with Crippen molar-refractivity contribution in [1.29, 1.82) is 0 Å². The standard InChI is InChI=1S/C19H21N3O3/c1-11-4-6-17-14(8-11)9-15(23)10-22(17)18(24)7-5-16-12(2)20-13(3)21-19(16)25/h4,6,8H,5,7,9-10H2,1-3H3,(H,20,21,25). The fraction of sp³-hybridized carbons (Fsp3) is 0.368. The van der Waals surface area contributed by atoms with Crippen molar-refractivity contribution in [1.82, 2.24) is 9.97 Å². The summed E-state index contributed by atoms with van der Waals surface area (Å²) < 4.78 is 0. The first-order chi connectivity index (χ1) is 11.8. The second kappa shape index (κ2) is 6.63. The minimum atomic E-state index is -0.205. The maximum atomic E-state index is 12.7. The number of fused-ring (bicyclic) bond motifs is 1. The zero-order valence-corrected chi connectivity index (χ0v) is 14.7. The topological polar surface area (TPSA) is 83.1 Å². The zero-order valence-electron chi connectivity index (χ0n) is 14.7. The molecule has 1 N–H and O–H groups in total. The number of nitrogens with zero attached hydrogens (tertiary/aromatic N) is 2. The van der Waals surface area contributed by atoms with E-state index in [9.17, 15) is 14.4 Å². The number of amides is 1. The molecule has 1 aromatic carbocycles. The molecule has 1 aliphatic rings. The van der Waals surface area contributed by atoms with Gasteiger partial charge in [0.15, 0.2) is 5.78 Å². The summed E-state index contributed by atoms with van der Waals surface area (Å²) in [5.74, 6) is 0.429. The summed E-state index contributed by atoms with van der Waals surface area (Å²) in [6, 6.07) is 5.78. The second-order valence-corrected chi connectivity index (χ2v) is 6.54. The number of aromatic amines is 1. The molecule has 0 saturated heterocycles. The molecule has 130 valence electrons. The first kappa shape index (κ1) is 17.1. The van der Waals surface area contributed by atoms with E-state index in [2.05, 4.69) is 9.97 Å². The molecule has 0 fully saturated rings. The van der Waals surface area contributed by atoms with Gasteiger partial charge >= 0.3 is 0 Å². The molecule has 3 rings (SSSR count). The third-order valence-corrected chi connectivity index (χ3v) is 4.48. The van der Waals surface area contributed by atoms with E-state index < -0.39 is 0 Å². The van der Waals surface area contributed by atoms with Crippen molar-refractivity contribution in [3.05, 3.63) is 56.8 Å². The van der Waals surface area contributed by atoms with Crippen LogP contribution >= 0.6 is 0 Å². The van der Waals surface area contributed by atoms with Crippen LogP contribution in [-0.2, 0) is 22.4 Å². The Morgan fingerprint density at radius 2 is 2.00 bits per heavy atom. The number of aromatic nitrogens is 2. The number of hydrogen-bond donors (Lipinski definition) is 1. The highest BCUT2D eigenvalue weighted by Gasteiger charge is 2.27. The van der Waals surface area contributed by atoms with Crippen molar-refractivity contribution in [3.63, 3.8) is 0 Å². The van der Waals surface area contributed by atoms with E-state index in [0.717, 1.165) is 16.8 Å². The molecule has 0 radical (unpaired) electrons. The Hall–Kier alpha value is -2.76. The molecule has 2 heterocycles. The van der Waals surface area contributed by atoms with Gasteiger partial charge in [0.25, 0.3) is 5.56 Å². The van der Waals surface area contributed by atoms with Crippen LogP contribution < -0.4 is 10.5 Å². The smallest absolute Gasteiger partial charge is 0.254 e. The number of aryl methyl sites for hydroxylation is 3. The fourth-order valence-corrected chi connectivity index (χ4v) is 3.28. The van der Waals surface area contributed by atoms with Crippen molar-refractivity contribution in [3.8, 4) is 0 Å². The monoisotopic (exact) mass is 339 g/mol. The highest BCUT2D eigenvalue weighted by molar-refractivity contribution is 6.03. The molecule has 2 aromatic rings. The normalized spacial score (nSPS) is 13.7. The molecule has 1 amide bonds. The Kier molecular flexibility index (Phi) is 4.53. The predicted molar refractivity (Wildman–Crippen MR) is 94.9 cm³/mol. The molecule has 1 aromatic heterocycles. The minimum Gasteiger partial charge on any atom is -0.311 e. The van der Waals surface area contributed by atoms with Crippen LogP contribution in [0.15, 0.2) is 23.0 Å². The summed E-state index contributed by atoms with van der Waals surface area (Å²) in [6.07, 6.45) is 0.829. The number of H-pyrrole nitrogens is 1. The molecule has 0 saturated carbocycles. The number of hydrogen-bond acceptors (Lipinski definition) is 4. The molecule has 1 aliphatic heterocycles. The van der Waals surface area contributed by atoms with Crippen LogP contribution in [0.3, 0.4) is 0 Å². The number of Topliss-reactive ketones (excluding diaryl/α,β-unsaturated/α-hetero) is 1. The van der Waals surface area contributed by atoms with Crippen LogP contribution in [0.1, 0.15) is 34.6 Å². The van der Waals surface area contributed by atoms with Gasteiger partial charge in [-0.15, -0.1) is 0 Å². The third kappa shape index (κ3) is 3.52. The SMILES string of the molecule is Cc1ccc2c(c1)CC(=O)CN2C(=O)CCc1c(C)nc(C)[nH]c1=O. The van der Waals surface area contributed by atoms with Crippen molar-refractivity contribution in [2.24, 2.45) is 0 Å². The Bertz CT molecular complexity index is 915. The predicted octanol–water partition coefficient (Wildman–Crippen LogP) is 1.79. The average molecular weight is 339 g/mol. The lowest BCUT2D eigenvalue weighted by molar-refractivity contribution is -0.122. The largest absolute Gasteiger partial charge is 0.311 e. The van der Waals surface area contributed by atoms with E-state index in [4.69, 9.17) is 0 Å². The maximum absolute atomic E-state index is 12.7.